The third-order valence-electron chi connectivity index (χ3n) is 7.63. The number of rotatable bonds is 8. The van der Waals surface area contributed by atoms with Crippen molar-refractivity contribution in [1.82, 2.24) is 19.7 Å². The number of aliphatic hydroxyl groups is 2. The highest BCUT2D eigenvalue weighted by Crippen LogP contribution is 2.24. The molecular weight excluding hydrogens is 468 g/mol. The number of hydrogen-bond acceptors (Lipinski definition) is 7. The van der Waals surface area contributed by atoms with Crippen LogP contribution in [0.3, 0.4) is 0 Å². The SMILES string of the molecule is CC(C)(O)CN1CCC(Oc2ccc3c(n2)CCN(CC(O)CN2CCc4ccccc4C2)C3=O)CC1. The number of carbonyl (C=O) groups is 1. The zero-order valence-electron chi connectivity index (χ0n) is 22.1. The van der Waals surface area contributed by atoms with Crippen LogP contribution in [0.25, 0.3) is 0 Å². The molecule has 8 heteroatoms. The van der Waals surface area contributed by atoms with Gasteiger partial charge >= 0.3 is 0 Å². The van der Waals surface area contributed by atoms with Gasteiger partial charge in [0.25, 0.3) is 5.91 Å². The van der Waals surface area contributed by atoms with Crippen molar-refractivity contribution in [2.24, 2.45) is 0 Å². The summed E-state index contributed by atoms with van der Waals surface area (Å²) in [5, 5.41) is 20.8. The molecule has 1 atom stereocenters. The Morgan fingerprint density at radius 1 is 1.00 bits per heavy atom. The van der Waals surface area contributed by atoms with Crippen molar-refractivity contribution in [3.05, 3.63) is 58.8 Å². The molecular formula is C29H40N4O4. The molecule has 8 nitrogen and oxygen atoms in total. The Kier molecular flexibility index (Phi) is 7.81. The van der Waals surface area contributed by atoms with Gasteiger partial charge in [0.2, 0.25) is 5.88 Å². The Morgan fingerprint density at radius 2 is 1.76 bits per heavy atom. The molecule has 4 heterocycles. The summed E-state index contributed by atoms with van der Waals surface area (Å²) in [5.41, 5.74) is 3.41. The van der Waals surface area contributed by atoms with E-state index in [2.05, 4.69) is 39.0 Å². The number of pyridine rings is 1. The molecule has 37 heavy (non-hydrogen) atoms. The fourth-order valence-electron chi connectivity index (χ4n) is 5.84. The second kappa shape index (κ2) is 11.1. The highest BCUT2D eigenvalue weighted by molar-refractivity contribution is 5.96. The van der Waals surface area contributed by atoms with E-state index in [0.29, 0.717) is 44.0 Å². The molecule has 1 aromatic carbocycles. The quantitative estimate of drug-likeness (QED) is 0.565. The Bertz CT molecular complexity index is 1090. The van der Waals surface area contributed by atoms with Gasteiger partial charge in [0, 0.05) is 64.8 Å². The maximum absolute atomic E-state index is 13.2. The predicted octanol–water partition coefficient (Wildman–Crippen LogP) is 2.11. The minimum Gasteiger partial charge on any atom is -0.474 e. The van der Waals surface area contributed by atoms with Crippen LogP contribution in [0.4, 0.5) is 0 Å². The number of carbonyl (C=O) groups excluding carboxylic acids is 1. The molecule has 3 aliphatic rings. The highest BCUT2D eigenvalue weighted by Gasteiger charge is 2.29. The van der Waals surface area contributed by atoms with Crippen LogP contribution in [0.1, 0.15) is 53.9 Å². The standard InChI is InChI=1S/C29H40N4O4/c1-29(2,36)20-31-14-10-24(11-15-31)37-27-8-7-25-26(30-27)12-16-33(28(25)35)19-23(34)18-32-13-9-21-5-3-4-6-22(21)17-32/h3-8,23-24,34,36H,9-20H2,1-2H3. The summed E-state index contributed by atoms with van der Waals surface area (Å²) in [6, 6.07) is 12.1. The van der Waals surface area contributed by atoms with Gasteiger partial charge in [-0.05, 0) is 50.3 Å². The van der Waals surface area contributed by atoms with Gasteiger partial charge in [-0.3, -0.25) is 9.69 Å². The number of aromatic nitrogens is 1. The number of aliphatic hydroxyl groups excluding tert-OH is 1. The molecule has 0 spiro atoms. The fourth-order valence-corrected chi connectivity index (χ4v) is 5.84. The minimum absolute atomic E-state index is 0.0664. The van der Waals surface area contributed by atoms with Crippen LogP contribution >= 0.6 is 0 Å². The number of amides is 1. The zero-order valence-corrected chi connectivity index (χ0v) is 22.1. The lowest BCUT2D eigenvalue weighted by molar-refractivity contribution is 0.0133. The molecule has 5 rings (SSSR count). The largest absolute Gasteiger partial charge is 0.474 e. The summed E-state index contributed by atoms with van der Waals surface area (Å²) in [7, 11) is 0. The zero-order chi connectivity index (χ0) is 26.0. The van der Waals surface area contributed by atoms with Crippen LogP contribution in [0.5, 0.6) is 5.88 Å². The molecule has 200 valence electrons. The van der Waals surface area contributed by atoms with Gasteiger partial charge in [-0.2, -0.15) is 0 Å². The number of piperidine rings is 1. The van der Waals surface area contributed by atoms with E-state index in [1.807, 2.05) is 19.9 Å². The molecule has 3 aliphatic heterocycles. The van der Waals surface area contributed by atoms with E-state index in [1.54, 1.807) is 11.0 Å². The van der Waals surface area contributed by atoms with Crippen molar-refractivity contribution in [3.8, 4) is 5.88 Å². The monoisotopic (exact) mass is 508 g/mol. The molecule has 1 saturated heterocycles. The van der Waals surface area contributed by atoms with Gasteiger partial charge < -0.3 is 24.7 Å². The third-order valence-corrected chi connectivity index (χ3v) is 7.63. The summed E-state index contributed by atoms with van der Waals surface area (Å²) in [5.74, 6) is 0.509. The molecule has 1 unspecified atom stereocenters. The van der Waals surface area contributed by atoms with Crippen molar-refractivity contribution in [2.45, 2.75) is 63.9 Å². The summed E-state index contributed by atoms with van der Waals surface area (Å²) in [4.78, 5) is 24.1. The van der Waals surface area contributed by atoms with Gasteiger partial charge in [0.15, 0.2) is 0 Å². The molecule has 0 bridgehead atoms. The van der Waals surface area contributed by atoms with E-state index in [1.165, 1.54) is 11.1 Å². The number of hydrogen-bond donors (Lipinski definition) is 2. The minimum atomic E-state index is -0.690. The van der Waals surface area contributed by atoms with Crippen LogP contribution < -0.4 is 4.74 Å². The first kappa shape index (κ1) is 26.1. The van der Waals surface area contributed by atoms with Crippen LogP contribution in [-0.2, 0) is 19.4 Å². The molecule has 0 radical (unpaired) electrons. The molecule has 1 aromatic heterocycles. The Hall–Kier alpha value is -2.52. The summed E-state index contributed by atoms with van der Waals surface area (Å²) >= 11 is 0. The van der Waals surface area contributed by atoms with Crippen LogP contribution in [0, 0.1) is 0 Å². The Morgan fingerprint density at radius 3 is 2.51 bits per heavy atom. The summed E-state index contributed by atoms with van der Waals surface area (Å²) < 4.78 is 6.17. The van der Waals surface area contributed by atoms with E-state index in [0.717, 1.165) is 51.1 Å². The normalized spacial score (nSPS) is 20.4. The number of fused-ring (bicyclic) bond motifs is 2. The lowest BCUT2D eigenvalue weighted by Gasteiger charge is -2.35. The van der Waals surface area contributed by atoms with Crippen molar-refractivity contribution >= 4 is 5.91 Å². The molecule has 2 aromatic rings. The van der Waals surface area contributed by atoms with Gasteiger partial charge in [0.05, 0.1) is 23.0 Å². The van der Waals surface area contributed by atoms with Gasteiger partial charge in [-0.15, -0.1) is 0 Å². The average Bonchev–Trinajstić information content (AvgIpc) is 2.86. The molecule has 0 aliphatic carbocycles. The second-order valence-electron chi connectivity index (χ2n) is 11.5. The van der Waals surface area contributed by atoms with Gasteiger partial charge in [-0.25, -0.2) is 4.98 Å². The van der Waals surface area contributed by atoms with Crippen molar-refractivity contribution in [1.29, 1.82) is 0 Å². The van der Waals surface area contributed by atoms with Gasteiger partial charge in [-0.1, -0.05) is 24.3 Å². The number of β-amino-alcohol motifs (C(OH)–C–C–N with tert-alkyl or cyclic N) is 2. The van der Waals surface area contributed by atoms with Crippen LogP contribution in [0.15, 0.2) is 36.4 Å². The first-order valence-electron chi connectivity index (χ1n) is 13.6. The maximum Gasteiger partial charge on any atom is 0.255 e. The number of likely N-dealkylation sites (tertiary alicyclic amines) is 1. The number of ether oxygens (including phenoxy) is 1. The number of nitrogens with zero attached hydrogens (tertiary/aromatic N) is 4. The topological polar surface area (TPSA) is 89.4 Å². The van der Waals surface area contributed by atoms with E-state index < -0.39 is 11.7 Å². The lowest BCUT2D eigenvalue weighted by Crippen LogP contribution is -2.46. The maximum atomic E-state index is 13.2. The second-order valence-corrected chi connectivity index (χ2v) is 11.5. The van der Waals surface area contributed by atoms with Crippen molar-refractivity contribution < 1.29 is 19.7 Å². The Balaban J connectivity index is 1.11. The molecule has 1 fully saturated rings. The van der Waals surface area contributed by atoms with Crippen molar-refractivity contribution in [2.75, 3.05) is 45.8 Å². The molecule has 0 saturated carbocycles. The fraction of sp³-hybridized carbons (Fsp3) is 0.586. The first-order valence-corrected chi connectivity index (χ1v) is 13.6. The third kappa shape index (κ3) is 6.68. The lowest BCUT2D eigenvalue weighted by atomic mass is 9.99. The molecule has 2 N–H and O–H groups in total. The number of benzene rings is 1. The smallest absolute Gasteiger partial charge is 0.255 e. The van der Waals surface area contributed by atoms with Crippen LogP contribution in [0.2, 0.25) is 0 Å². The summed E-state index contributed by atoms with van der Waals surface area (Å²) in [6.07, 6.45) is 2.94. The predicted molar refractivity (Wildman–Crippen MR) is 142 cm³/mol. The first-order chi connectivity index (χ1) is 17.7. The van der Waals surface area contributed by atoms with E-state index in [9.17, 15) is 15.0 Å². The Labute approximate surface area is 219 Å². The highest BCUT2D eigenvalue weighted by atomic mass is 16.5. The summed E-state index contributed by atoms with van der Waals surface area (Å²) in [6.45, 7) is 9.33. The van der Waals surface area contributed by atoms with Gasteiger partial charge in [0.1, 0.15) is 6.10 Å². The van der Waals surface area contributed by atoms with Crippen molar-refractivity contribution in [3.63, 3.8) is 0 Å². The molecule has 1 amide bonds. The van der Waals surface area contributed by atoms with Crippen LogP contribution in [-0.4, -0.2) is 99.4 Å². The van der Waals surface area contributed by atoms with E-state index in [4.69, 9.17) is 4.74 Å². The average molecular weight is 509 g/mol. The van der Waals surface area contributed by atoms with E-state index >= 15 is 0 Å². The van der Waals surface area contributed by atoms with E-state index in [-0.39, 0.29) is 12.0 Å².